The second-order valence-electron chi connectivity index (χ2n) is 3.67. The van der Waals surface area contributed by atoms with Crippen LogP contribution >= 0.6 is 0 Å². The molecule has 1 rings (SSSR count). The Balaban J connectivity index is 2.56. The Kier molecular flexibility index (Phi) is 2.53. The molecule has 11 heavy (non-hydrogen) atoms. The summed E-state index contributed by atoms with van der Waals surface area (Å²) in [5, 5.41) is 0. The molecule has 0 saturated heterocycles. The average Bonchev–Trinajstić information content (AvgIpc) is 1.96. The molecule has 2 atom stereocenters. The first kappa shape index (κ1) is 8.57. The van der Waals surface area contributed by atoms with Gasteiger partial charge in [0.1, 0.15) is 5.60 Å². The zero-order valence-electron chi connectivity index (χ0n) is 7.30. The molecule has 0 aromatic heterocycles. The highest BCUT2D eigenvalue weighted by atomic mass is 16.5. The van der Waals surface area contributed by atoms with E-state index in [2.05, 4.69) is 6.92 Å². The average molecular weight is 156 g/mol. The van der Waals surface area contributed by atoms with E-state index in [-0.39, 0.29) is 5.60 Å². The first-order chi connectivity index (χ1) is 5.19. The van der Waals surface area contributed by atoms with Crippen LogP contribution in [0.5, 0.6) is 0 Å². The van der Waals surface area contributed by atoms with Crippen LogP contribution in [0.3, 0.4) is 0 Å². The number of hydrogen-bond donors (Lipinski definition) is 0. The fourth-order valence-corrected chi connectivity index (χ4v) is 1.76. The number of hydrogen-bond acceptors (Lipinski definition) is 2. The summed E-state index contributed by atoms with van der Waals surface area (Å²) in [4.78, 5) is 10.2. The smallest absolute Gasteiger partial charge is 0.293 e. The van der Waals surface area contributed by atoms with E-state index in [1.807, 2.05) is 6.92 Å². The van der Waals surface area contributed by atoms with Crippen molar-refractivity contribution < 1.29 is 9.53 Å². The van der Waals surface area contributed by atoms with Gasteiger partial charge in [-0.05, 0) is 32.1 Å². The van der Waals surface area contributed by atoms with Crippen molar-refractivity contribution >= 4 is 6.47 Å². The molecular formula is C9H16O2. The van der Waals surface area contributed by atoms with Gasteiger partial charge in [-0.25, -0.2) is 0 Å². The van der Waals surface area contributed by atoms with Gasteiger partial charge in [0, 0.05) is 0 Å². The van der Waals surface area contributed by atoms with Gasteiger partial charge in [-0.1, -0.05) is 13.3 Å². The lowest BCUT2D eigenvalue weighted by molar-refractivity contribution is -0.150. The molecule has 2 heteroatoms. The first-order valence-corrected chi connectivity index (χ1v) is 4.30. The van der Waals surface area contributed by atoms with Gasteiger partial charge in [0.05, 0.1) is 0 Å². The summed E-state index contributed by atoms with van der Waals surface area (Å²) < 4.78 is 5.10. The Morgan fingerprint density at radius 1 is 1.55 bits per heavy atom. The fourth-order valence-electron chi connectivity index (χ4n) is 1.76. The molecule has 2 unspecified atom stereocenters. The van der Waals surface area contributed by atoms with Gasteiger partial charge >= 0.3 is 0 Å². The fraction of sp³-hybridized carbons (Fsp3) is 0.889. The van der Waals surface area contributed by atoms with Crippen molar-refractivity contribution in [2.24, 2.45) is 5.92 Å². The molecule has 1 aliphatic rings. The molecule has 0 bridgehead atoms. The standard InChI is InChI=1S/C9H16O2/c1-8-5-3-4-6-9(8,2)11-7-10/h7-8H,3-6H2,1-2H3. The van der Waals surface area contributed by atoms with Crippen LogP contribution in [0.25, 0.3) is 0 Å². The number of carbonyl (C=O) groups is 1. The normalized spacial score (nSPS) is 38.2. The minimum Gasteiger partial charge on any atom is -0.461 e. The van der Waals surface area contributed by atoms with Crippen LogP contribution in [-0.2, 0) is 9.53 Å². The Bertz CT molecular complexity index is 144. The summed E-state index contributed by atoms with van der Waals surface area (Å²) in [6.45, 7) is 4.77. The molecule has 2 nitrogen and oxygen atoms in total. The van der Waals surface area contributed by atoms with Gasteiger partial charge < -0.3 is 4.74 Å². The zero-order valence-corrected chi connectivity index (χ0v) is 7.30. The van der Waals surface area contributed by atoms with Crippen LogP contribution in [0, 0.1) is 5.92 Å². The summed E-state index contributed by atoms with van der Waals surface area (Å²) in [6, 6.07) is 0. The molecule has 1 saturated carbocycles. The lowest BCUT2D eigenvalue weighted by atomic mass is 9.78. The molecule has 0 aromatic rings. The van der Waals surface area contributed by atoms with Crippen molar-refractivity contribution in [1.82, 2.24) is 0 Å². The maximum absolute atomic E-state index is 10.2. The molecule has 0 spiro atoms. The third kappa shape index (κ3) is 1.73. The van der Waals surface area contributed by atoms with Crippen LogP contribution in [-0.4, -0.2) is 12.1 Å². The van der Waals surface area contributed by atoms with Gasteiger partial charge in [0.25, 0.3) is 6.47 Å². The highest BCUT2D eigenvalue weighted by molar-refractivity contribution is 5.38. The van der Waals surface area contributed by atoms with Gasteiger partial charge in [-0.15, -0.1) is 0 Å². The monoisotopic (exact) mass is 156 g/mol. The van der Waals surface area contributed by atoms with Gasteiger partial charge in [-0.2, -0.15) is 0 Å². The minimum absolute atomic E-state index is 0.181. The Morgan fingerprint density at radius 2 is 2.27 bits per heavy atom. The van der Waals surface area contributed by atoms with E-state index in [1.54, 1.807) is 0 Å². The summed E-state index contributed by atoms with van der Waals surface area (Å²) >= 11 is 0. The predicted octanol–water partition coefficient (Wildman–Crippen LogP) is 2.13. The molecule has 1 aliphatic carbocycles. The third-order valence-corrected chi connectivity index (χ3v) is 2.92. The maximum Gasteiger partial charge on any atom is 0.293 e. The van der Waals surface area contributed by atoms with Gasteiger partial charge in [-0.3, -0.25) is 4.79 Å². The van der Waals surface area contributed by atoms with Crippen LogP contribution in [0.15, 0.2) is 0 Å². The molecule has 0 amide bonds. The topological polar surface area (TPSA) is 26.3 Å². The lowest BCUT2D eigenvalue weighted by Crippen LogP contribution is -2.38. The van der Waals surface area contributed by atoms with Crippen molar-refractivity contribution in [3.63, 3.8) is 0 Å². The second kappa shape index (κ2) is 3.24. The van der Waals surface area contributed by atoms with Crippen molar-refractivity contribution in [3.05, 3.63) is 0 Å². The van der Waals surface area contributed by atoms with Crippen LogP contribution in [0.2, 0.25) is 0 Å². The molecular weight excluding hydrogens is 140 g/mol. The number of ether oxygens (including phenoxy) is 1. The van der Waals surface area contributed by atoms with E-state index in [9.17, 15) is 4.79 Å². The number of carbonyl (C=O) groups excluding carboxylic acids is 1. The van der Waals surface area contributed by atoms with Crippen LogP contribution in [0.1, 0.15) is 39.5 Å². The SMILES string of the molecule is CC1CCCCC1(C)OC=O. The van der Waals surface area contributed by atoms with Gasteiger partial charge in [0.15, 0.2) is 0 Å². The van der Waals surface area contributed by atoms with E-state index in [0.29, 0.717) is 12.4 Å². The van der Waals surface area contributed by atoms with Crippen LogP contribution < -0.4 is 0 Å². The van der Waals surface area contributed by atoms with Crippen molar-refractivity contribution in [1.29, 1.82) is 0 Å². The molecule has 64 valence electrons. The molecule has 1 fully saturated rings. The van der Waals surface area contributed by atoms with Crippen molar-refractivity contribution in [3.8, 4) is 0 Å². The summed E-state index contributed by atoms with van der Waals surface area (Å²) in [5.41, 5.74) is -0.181. The molecule has 0 aromatic carbocycles. The molecule has 0 heterocycles. The van der Waals surface area contributed by atoms with E-state index in [1.165, 1.54) is 19.3 Å². The second-order valence-corrected chi connectivity index (χ2v) is 3.67. The van der Waals surface area contributed by atoms with E-state index in [4.69, 9.17) is 4.74 Å². The van der Waals surface area contributed by atoms with Gasteiger partial charge in [0.2, 0.25) is 0 Å². The van der Waals surface area contributed by atoms with Crippen molar-refractivity contribution in [2.75, 3.05) is 0 Å². The summed E-state index contributed by atoms with van der Waals surface area (Å²) in [7, 11) is 0. The lowest BCUT2D eigenvalue weighted by Gasteiger charge is -2.37. The minimum atomic E-state index is -0.181. The van der Waals surface area contributed by atoms with E-state index in [0.717, 1.165) is 6.42 Å². The highest BCUT2D eigenvalue weighted by Crippen LogP contribution is 2.35. The Morgan fingerprint density at radius 3 is 2.82 bits per heavy atom. The zero-order chi connectivity index (χ0) is 8.32. The summed E-state index contributed by atoms with van der Waals surface area (Å²) in [5.74, 6) is 0.515. The first-order valence-electron chi connectivity index (χ1n) is 4.30. The largest absolute Gasteiger partial charge is 0.461 e. The third-order valence-electron chi connectivity index (χ3n) is 2.92. The number of rotatable bonds is 2. The summed E-state index contributed by atoms with van der Waals surface area (Å²) in [6.07, 6.45) is 4.67. The van der Waals surface area contributed by atoms with Crippen LogP contribution in [0.4, 0.5) is 0 Å². The van der Waals surface area contributed by atoms with Crippen molar-refractivity contribution in [2.45, 2.75) is 45.1 Å². The van der Waals surface area contributed by atoms with E-state index >= 15 is 0 Å². The predicted molar refractivity (Wildman–Crippen MR) is 43.2 cm³/mol. The Hall–Kier alpha value is -0.530. The quantitative estimate of drug-likeness (QED) is 0.572. The highest BCUT2D eigenvalue weighted by Gasteiger charge is 2.34. The van der Waals surface area contributed by atoms with E-state index < -0.39 is 0 Å². The molecule has 0 radical (unpaired) electrons. The molecule has 0 N–H and O–H groups in total. The molecule has 0 aliphatic heterocycles. The maximum atomic E-state index is 10.2. The Labute approximate surface area is 67.9 Å².